The monoisotopic (exact) mass is 448 g/mol. The summed E-state index contributed by atoms with van der Waals surface area (Å²) in [4.78, 5) is 7.90. The van der Waals surface area contributed by atoms with Crippen LogP contribution in [0.2, 0.25) is 0 Å². The lowest BCUT2D eigenvalue weighted by Gasteiger charge is -2.08. The summed E-state index contributed by atoms with van der Waals surface area (Å²) in [6, 6.07) is 20.6. The van der Waals surface area contributed by atoms with Crippen molar-refractivity contribution in [3.05, 3.63) is 89.9 Å². The SMILES string of the molecule is Cc1cccc(-c2cc3c(-c4cc5c(-c6cc(O)cc(F)c6)nccc5[nH]4)n[nH]c3cc2C)c1. The Kier molecular flexibility index (Phi) is 4.48. The molecule has 3 heterocycles. The average Bonchev–Trinajstić information content (AvgIpc) is 3.41. The predicted octanol–water partition coefficient (Wildman–Crippen LogP) is 6.90. The first-order chi connectivity index (χ1) is 16.5. The highest BCUT2D eigenvalue weighted by atomic mass is 19.1. The molecule has 0 aliphatic heterocycles. The summed E-state index contributed by atoms with van der Waals surface area (Å²) in [6.45, 7) is 4.20. The fourth-order valence-corrected chi connectivity index (χ4v) is 4.62. The van der Waals surface area contributed by atoms with Gasteiger partial charge in [0.1, 0.15) is 17.3 Å². The number of phenolic OH excluding ortho intramolecular Hbond substituents is 1. The van der Waals surface area contributed by atoms with Crippen LogP contribution < -0.4 is 0 Å². The molecule has 0 amide bonds. The standard InChI is InChI=1S/C28H21FN4O/c1-15-4-3-5-17(8-15)21-13-22-25(9-16(21)2)32-33-28(22)26-14-23-24(31-26)6-7-30-27(23)18-10-19(29)12-20(34)11-18/h3-14,31,34H,1-2H3,(H,32,33). The van der Waals surface area contributed by atoms with Gasteiger partial charge in [0.25, 0.3) is 0 Å². The Bertz CT molecular complexity index is 1690. The van der Waals surface area contributed by atoms with Crippen LogP contribution in [0.5, 0.6) is 5.75 Å². The van der Waals surface area contributed by atoms with Crippen LogP contribution in [-0.4, -0.2) is 25.3 Å². The van der Waals surface area contributed by atoms with Gasteiger partial charge >= 0.3 is 0 Å². The topological polar surface area (TPSA) is 77.6 Å². The van der Waals surface area contributed by atoms with Gasteiger partial charge in [0.2, 0.25) is 0 Å². The van der Waals surface area contributed by atoms with Crippen molar-refractivity contribution in [2.24, 2.45) is 0 Å². The summed E-state index contributed by atoms with van der Waals surface area (Å²) in [6.07, 6.45) is 1.67. The molecule has 0 saturated heterocycles. The van der Waals surface area contributed by atoms with E-state index in [0.29, 0.717) is 11.3 Å². The average molecular weight is 449 g/mol. The van der Waals surface area contributed by atoms with E-state index >= 15 is 0 Å². The number of benzene rings is 3. The quantitative estimate of drug-likeness (QED) is 0.275. The summed E-state index contributed by atoms with van der Waals surface area (Å²) in [5, 5.41) is 19.5. The molecule has 3 N–H and O–H groups in total. The molecule has 3 aromatic carbocycles. The summed E-state index contributed by atoms with van der Waals surface area (Å²) in [5.74, 6) is -0.649. The van der Waals surface area contributed by atoms with Gasteiger partial charge in [-0.2, -0.15) is 5.10 Å². The van der Waals surface area contributed by atoms with Gasteiger partial charge in [-0.1, -0.05) is 29.8 Å². The lowest BCUT2D eigenvalue weighted by molar-refractivity contribution is 0.469. The van der Waals surface area contributed by atoms with E-state index < -0.39 is 5.82 Å². The molecule has 6 heteroatoms. The minimum absolute atomic E-state index is 0.137. The van der Waals surface area contributed by atoms with Crippen molar-refractivity contribution >= 4 is 21.8 Å². The van der Waals surface area contributed by atoms with Crippen LogP contribution in [-0.2, 0) is 0 Å². The zero-order chi connectivity index (χ0) is 23.4. The molecule has 0 spiro atoms. The third kappa shape index (κ3) is 3.31. The summed E-state index contributed by atoms with van der Waals surface area (Å²) in [7, 11) is 0. The van der Waals surface area contributed by atoms with E-state index in [0.717, 1.165) is 44.8 Å². The van der Waals surface area contributed by atoms with Gasteiger partial charge in [0.05, 0.1) is 16.9 Å². The third-order valence-electron chi connectivity index (χ3n) is 6.20. The maximum Gasteiger partial charge on any atom is 0.127 e. The number of halogens is 1. The second kappa shape index (κ2) is 7.56. The normalized spacial score (nSPS) is 11.5. The number of aromatic amines is 2. The van der Waals surface area contributed by atoms with E-state index in [-0.39, 0.29) is 5.75 Å². The Labute approximate surface area is 194 Å². The Balaban J connectivity index is 1.53. The highest BCUT2D eigenvalue weighted by Gasteiger charge is 2.16. The summed E-state index contributed by atoms with van der Waals surface area (Å²) in [5.41, 5.74) is 9.24. The van der Waals surface area contributed by atoms with Gasteiger partial charge in [-0.15, -0.1) is 0 Å². The maximum atomic E-state index is 13.9. The predicted molar refractivity (Wildman–Crippen MR) is 133 cm³/mol. The molecule has 0 bridgehead atoms. The molecule has 0 aliphatic rings. The molecule has 6 aromatic rings. The van der Waals surface area contributed by atoms with E-state index in [4.69, 9.17) is 0 Å². The number of aryl methyl sites for hydroxylation is 2. The Morgan fingerprint density at radius 2 is 1.68 bits per heavy atom. The first-order valence-corrected chi connectivity index (χ1v) is 11.0. The molecule has 34 heavy (non-hydrogen) atoms. The van der Waals surface area contributed by atoms with Crippen LogP contribution >= 0.6 is 0 Å². The second-order valence-electron chi connectivity index (χ2n) is 8.66. The minimum Gasteiger partial charge on any atom is -0.508 e. The van der Waals surface area contributed by atoms with Crippen molar-refractivity contribution in [2.45, 2.75) is 13.8 Å². The van der Waals surface area contributed by atoms with Crippen molar-refractivity contribution in [2.75, 3.05) is 0 Å². The number of nitrogens with one attached hydrogen (secondary N) is 2. The lowest BCUT2D eigenvalue weighted by atomic mass is 9.96. The van der Waals surface area contributed by atoms with Crippen molar-refractivity contribution in [3.63, 3.8) is 0 Å². The largest absolute Gasteiger partial charge is 0.508 e. The van der Waals surface area contributed by atoms with Gasteiger partial charge in [-0.25, -0.2) is 4.39 Å². The number of aromatic nitrogens is 4. The molecule has 0 radical (unpaired) electrons. The van der Waals surface area contributed by atoms with Gasteiger partial charge in [0, 0.05) is 34.1 Å². The molecule has 0 saturated carbocycles. The number of rotatable bonds is 3. The van der Waals surface area contributed by atoms with E-state index in [9.17, 15) is 9.50 Å². The summed E-state index contributed by atoms with van der Waals surface area (Å²) >= 11 is 0. The van der Waals surface area contributed by atoms with Crippen molar-refractivity contribution in [3.8, 4) is 39.5 Å². The van der Waals surface area contributed by atoms with Gasteiger partial charge in [-0.05, 0) is 66.9 Å². The minimum atomic E-state index is -0.512. The first kappa shape index (κ1) is 20.2. The highest BCUT2D eigenvalue weighted by Crippen LogP contribution is 2.36. The number of hydrogen-bond donors (Lipinski definition) is 3. The fourth-order valence-electron chi connectivity index (χ4n) is 4.62. The van der Waals surface area contributed by atoms with E-state index in [1.807, 2.05) is 12.1 Å². The number of nitrogens with zero attached hydrogens (tertiary/aromatic N) is 2. The highest BCUT2D eigenvalue weighted by molar-refractivity contribution is 6.01. The van der Waals surface area contributed by atoms with Gasteiger partial charge in [0.15, 0.2) is 0 Å². The van der Waals surface area contributed by atoms with Crippen molar-refractivity contribution in [1.29, 1.82) is 0 Å². The Morgan fingerprint density at radius 3 is 2.50 bits per heavy atom. The second-order valence-corrected chi connectivity index (χ2v) is 8.66. The van der Waals surface area contributed by atoms with E-state index in [1.54, 1.807) is 6.20 Å². The van der Waals surface area contributed by atoms with Crippen LogP contribution in [0, 0.1) is 19.7 Å². The zero-order valence-electron chi connectivity index (χ0n) is 18.6. The molecule has 0 atom stereocenters. The number of fused-ring (bicyclic) bond motifs is 2. The Hall–Kier alpha value is -4.45. The number of aromatic hydroxyl groups is 1. The van der Waals surface area contributed by atoms with Crippen molar-refractivity contribution in [1.82, 2.24) is 20.2 Å². The third-order valence-corrected chi connectivity index (χ3v) is 6.20. The lowest BCUT2D eigenvalue weighted by Crippen LogP contribution is -1.85. The molecule has 0 aliphatic carbocycles. The van der Waals surface area contributed by atoms with Gasteiger partial charge in [-0.3, -0.25) is 10.1 Å². The molecule has 3 aromatic heterocycles. The van der Waals surface area contributed by atoms with Crippen LogP contribution in [0.25, 0.3) is 55.6 Å². The molecular formula is C28H21FN4O. The Morgan fingerprint density at radius 1 is 0.824 bits per heavy atom. The molecule has 6 rings (SSSR count). The molecule has 166 valence electrons. The van der Waals surface area contributed by atoms with Crippen LogP contribution in [0.4, 0.5) is 4.39 Å². The molecule has 5 nitrogen and oxygen atoms in total. The molecular weight excluding hydrogens is 427 g/mol. The van der Waals surface area contributed by atoms with Crippen LogP contribution in [0.3, 0.4) is 0 Å². The number of phenols is 1. The number of hydrogen-bond acceptors (Lipinski definition) is 3. The summed E-state index contributed by atoms with van der Waals surface area (Å²) < 4.78 is 13.9. The molecule has 0 unspecified atom stereocenters. The smallest absolute Gasteiger partial charge is 0.127 e. The number of H-pyrrole nitrogens is 2. The first-order valence-electron chi connectivity index (χ1n) is 11.0. The molecule has 0 fully saturated rings. The van der Waals surface area contributed by atoms with E-state index in [1.165, 1.54) is 28.8 Å². The van der Waals surface area contributed by atoms with E-state index in [2.05, 4.69) is 70.4 Å². The van der Waals surface area contributed by atoms with Crippen LogP contribution in [0.15, 0.2) is 72.9 Å². The van der Waals surface area contributed by atoms with Crippen molar-refractivity contribution < 1.29 is 9.50 Å². The number of pyridine rings is 1. The van der Waals surface area contributed by atoms with Gasteiger partial charge < -0.3 is 10.1 Å². The zero-order valence-corrected chi connectivity index (χ0v) is 18.6. The fraction of sp³-hybridized carbons (Fsp3) is 0.0714. The maximum absolute atomic E-state index is 13.9. The van der Waals surface area contributed by atoms with Crippen LogP contribution in [0.1, 0.15) is 11.1 Å².